The second-order valence-corrected chi connectivity index (χ2v) is 4.57. The van der Waals surface area contributed by atoms with Crippen LogP contribution in [0.2, 0.25) is 10.0 Å². The van der Waals surface area contributed by atoms with Crippen molar-refractivity contribution >= 4 is 40.8 Å². The molecule has 0 saturated carbocycles. The second-order valence-electron chi connectivity index (χ2n) is 3.79. The molecule has 1 aromatic carbocycles. The molecular formula is C11H10Cl2N2O5. The lowest BCUT2D eigenvalue weighted by Crippen LogP contribution is -2.32. The van der Waals surface area contributed by atoms with E-state index in [1.165, 1.54) is 20.2 Å². The minimum atomic E-state index is -0.745. The van der Waals surface area contributed by atoms with Crippen molar-refractivity contribution in [3.05, 3.63) is 37.9 Å². The highest BCUT2D eigenvalue weighted by Crippen LogP contribution is 2.33. The van der Waals surface area contributed by atoms with Crippen LogP contribution in [-0.2, 0) is 9.53 Å². The normalized spacial score (nSPS) is 10.0. The molecule has 9 heteroatoms. The zero-order valence-electron chi connectivity index (χ0n) is 10.6. The highest BCUT2D eigenvalue weighted by atomic mass is 35.5. The number of methoxy groups -OCH3 is 1. The van der Waals surface area contributed by atoms with Gasteiger partial charge in [-0.05, 0) is 6.07 Å². The number of ether oxygens (including phenoxy) is 1. The summed E-state index contributed by atoms with van der Waals surface area (Å²) >= 11 is 11.4. The van der Waals surface area contributed by atoms with Crippen molar-refractivity contribution in [1.29, 1.82) is 0 Å². The van der Waals surface area contributed by atoms with E-state index in [1.807, 2.05) is 0 Å². The summed E-state index contributed by atoms with van der Waals surface area (Å²) in [6, 6.07) is 2.21. The number of hydrogen-bond acceptors (Lipinski definition) is 5. The Labute approximate surface area is 124 Å². The molecule has 0 aromatic heterocycles. The van der Waals surface area contributed by atoms with Crippen molar-refractivity contribution in [2.45, 2.75) is 0 Å². The first kappa shape index (κ1) is 16.2. The number of nitro groups is 1. The predicted molar refractivity (Wildman–Crippen MR) is 72.1 cm³/mol. The quantitative estimate of drug-likeness (QED) is 0.481. The van der Waals surface area contributed by atoms with Gasteiger partial charge in [0.05, 0.1) is 17.1 Å². The van der Waals surface area contributed by atoms with Crippen LogP contribution in [0, 0.1) is 10.1 Å². The Kier molecular flexibility index (Phi) is 5.29. The number of nitro benzene ring substituents is 1. The molecule has 20 heavy (non-hydrogen) atoms. The van der Waals surface area contributed by atoms with Crippen molar-refractivity contribution in [2.75, 3.05) is 20.7 Å². The summed E-state index contributed by atoms with van der Waals surface area (Å²) in [5.41, 5.74) is -0.522. The number of nitrogens with zero attached hydrogens (tertiary/aromatic N) is 2. The minimum absolute atomic E-state index is 0.0440. The summed E-state index contributed by atoms with van der Waals surface area (Å²) in [6.07, 6.45) is 0. The van der Waals surface area contributed by atoms with Crippen LogP contribution in [-0.4, -0.2) is 42.4 Å². The zero-order valence-corrected chi connectivity index (χ0v) is 12.1. The number of hydrogen-bond donors (Lipinski definition) is 0. The number of benzene rings is 1. The van der Waals surface area contributed by atoms with E-state index in [9.17, 15) is 19.7 Å². The van der Waals surface area contributed by atoms with Crippen LogP contribution in [0.5, 0.6) is 0 Å². The molecule has 1 aromatic rings. The number of carbonyl (C=O) groups excluding carboxylic acids is 2. The average Bonchev–Trinajstić information content (AvgIpc) is 2.40. The molecule has 0 fully saturated rings. The van der Waals surface area contributed by atoms with Gasteiger partial charge >= 0.3 is 5.97 Å². The minimum Gasteiger partial charge on any atom is -0.468 e. The van der Waals surface area contributed by atoms with Crippen LogP contribution >= 0.6 is 23.2 Å². The van der Waals surface area contributed by atoms with Crippen LogP contribution in [0.15, 0.2) is 12.1 Å². The number of carbonyl (C=O) groups is 2. The molecule has 0 aliphatic rings. The van der Waals surface area contributed by atoms with Gasteiger partial charge in [0.1, 0.15) is 11.6 Å². The Bertz CT molecular complexity index is 576. The van der Waals surface area contributed by atoms with Crippen LogP contribution in [0.3, 0.4) is 0 Å². The predicted octanol–water partition coefficient (Wildman–Crippen LogP) is 2.15. The van der Waals surface area contributed by atoms with Gasteiger partial charge in [0.2, 0.25) is 0 Å². The van der Waals surface area contributed by atoms with Gasteiger partial charge in [-0.15, -0.1) is 0 Å². The molecule has 0 radical (unpaired) electrons. The number of esters is 1. The van der Waals surface area contributed by atoms with E-state index in [1.54, 1.807) is 0 Å². The maximum atomic E-state index is 12.0. The van der Waals surface area contributed by atoms with Crippen LogP contribution in [0.1, 0.15) is 10.4 Å². The van der Waals surface area contributed by atoms with Crippen molar-refractivity contribution in [3.8, 4) is 0 Å². The molecule has 0 saturated heterocycles. The Morgan fingerprint density at radius 3 is 2.50 bits per heavy atom. The molecule has 0 N–H and O–H groups in total. The van der Waals surface area contributed by atoms with Crippen LogP contribution in [0.25, 0.3) is 0 Å². The van der Waals surface area contributed by atoms with Gasteiger partial charge < -0.3 is 9.64 Å². The van der Waals surface area contributed by atoms with Gasteiger partial charge in [-0.25, -0.2) is 0 Å². The van der Waals surface area contributed by atoms with Gasteiger partial charge in [0, 0.05) is 18.7 Å². The number of rotatable bonds is 4. The lowest BCUT2D eigenvalue weighted by molar-refractivity contribution is -0.384. The van der Waals surface area contributed by atoms with Gasteiger partial charge in [-0.1, -0.05) is 23.2 Å². The molecule has 0 aliphatic heterocycles. The molecule has 0 spiro atoms. The first-order chi connectivity index (χ1) is 9.27. The molecule has 1 amide bonds. The topological polar surface area (TPSA) is 89.8 Å². The van der Waals surface area contributed by atoms with E-state index in [0.717, 1.165) is 11.0 Å². The van der Waals surface area contributed by atoms with E-state index in [-0.39, 0.29) is 22.2 Å². The molecule has 0 heterocycles. The van der Waals surface area contributed by atoms with Gasteiger partial charge in [0.15, 0.2) is 0 Å². The van der Waals surface area contributed by atoms with Gasteiger partial charge in [0.25, 0.3) is 11.6 Å². The third kappa shape index (κ3) is 3.58. The molecule has 0 bridgehead atoms. The highest BCUT2D eigenvalue weighted by molar-refractivity contribution is 6.43. The summed E-state index contributed by atoms with van der Waals surface area (Å²) in [7, 11) is 2.54. The molecule has 0 aliphatic carbocycles. The van der Waals surface area contributed by atoms with Crippen molar-refractivity contribution in [3.63, 3.8) is 0 Å². The van der Waals surface area contributed by atoms with Crippen molar-refractivity contribution < 1.29 is 19.2 Å². The fourth-order valence-corrected chi connectivity index (χ4v) is 1.77. The summed E-state index contributed by atoms with van der Waals surface area (Å²) < 4.78 is 4.42. The third-order valence-corrected chi connectivity index (χ3v) is 3.19. The fraction of sp³-hybridized carbons (Fsp3) is 0.273. The second kappa shape index (κ2) is 6.53. The van der Waals surface area contributed by atoms with Crippen LogP contribution < -0.4 is 0 Å². The monoisotopic (exact) mass is 320 g/mol. The standard InChI is InChI=1S/C11H10Cl2N2O5/c1-14(5-9(16)20-2)11(17)6-3-7(12)10(13)8(4-6)15(18)19/h3-4H,5H2,1-2H3. The maximum Gasteiger partial charge on any atom is 0.325 e. The summed E-state index contributed by atoms with van der Waals surface area (Å²) in [5, 5.41) is 10.4. The molecule has 0 atom stereocenters. The van der Waals surface area contributed by atoms with Crippen molar-refractivity contribution in [1.82, 2.24) is 4.90 Å². The summed E-state index contributed by atoms with van der Waals surface area (Å²) in [5.74, 6) is -1.23. The number of amides is 1. The Morgan fingerprint density at radius 2 is 2.00 bits per heavy atom. The molecule has 7 nitrogen and oxygen atoms in total. The SMILES string of the molecule is COC(=O)CN(C)C(=O)c1cc(Cl)c(Cl)c([N+](=O)[O-])c1. The molecule has 1 rings (SSSR count). The van der Waals surface area contributed by atoms with Crippen molar-refractivity contribution in [2.24, 2.45) is 0 Å². The maximum absolute atomic E-state index is 12.0. The van der Waals surface area contributed by atoms with Crippen LogP contribution in [0.4, 0.5) is 5.69 Å². The van der Waals surface area contributed by atoms with E-state index in [0.29, 0.717) is 0 Å². The lowest BCUT2D eigenvalue weighted by atomic mass is 10.1. The largest absolute Gasteiger partial charge is 0.468 e. The van der Waals surface area contributed by atoms with Gasteiger partial charge in [-0.3, -0.25) is 19.7 Å². The Hall–Kier alpha value is -1.86. The Morgan fingerprint density at radius 1 is 1.40 bits per heavy atom. The zero-order chi connectivity index (χ0) is 15.4. The molecule has 0 unspecified atom stereocenters. The number of halogens is 2. The van der Waals surface area contributed by atoms with Gasteiger partial charge in [-0.2, -0.15) is 0 Å². The summed E-state index contributed by atoms with van der Waals surface area (Å²) in [6.45, 7) is -0.288. The molecule has 108 valence electrons. The van der Waals surface area contributed by atoms with E-state index in [4.69, 9.17) is 23.2 Å². The fourth-order valence-electron chi connectivity index (χ4n) is 1.38. The third-order valence-electron chi connectivity index (χ3n) is 2.39. The summed E-state index contributed by atoms with van der Waals surface area (Å²) in [4.78, 5) is 34.2. The lowest BCUT2D eigenvalue weighted by Gasteiger charge is -2.15. The van der Waals surface area contributed by atoms with E-state index < -0.39 is 22.5 Å². The van der Waals surface area contributed by atoms with E-state index >= 15 is 0 Å². The molecular weight excluding hydrogens is 311 g/mol. The highest BCUT2D eigenvalue weighted by Gasteiger charge is 2.22. The average molecular weight is 321 g/mol. The first-order valence-corrected chi connectivity index (χ1v) is 5.99. The Balaban J connectivity index is 3.11. The first-order valence-electron chi connectivity index (χ1n) is 5.23. The van der Waals surface area contributed by atoms with E-state index in [2.05, 4.69) is 4.74 Å². The smallest absolute Gasteiger partial charge is 0.325 e. The number of likely N-dealkylation sites (N-methyl/N-ethyl adjacent to an activating group) is 1.